The first-order valence-corrected chi connectivity index (χ1v) is 10.8. The van der Waals surface area contributed by atoms with Gasteiger partial charge in [0.25, 0.3) is 0 Å². The van der Waals surface area contributed by atoms with Crippen molar-refractivity contribution in [1.82, 2.24) is 19.6 Å². The van der Waals surface area contributed by atoms with Crippen molar-refractivity contribution in [3.05, 3.63) is 54.1 Å². The highest BCUT2D eigenvalue weighted by molar-refractivity contribution is 6.01. The SMILES string of the molecule is CCCC(O)c1cc(C)c(-c2cc3cnc(NC(=O)[C@H]4C[C@H]4F)cc3c3ccnn23)cn1. The highest BCUT2D eigenvalue weighted by Gasteiger charge is 2.43. The number of pyridine rings is 3. The Bertz CT molecular complexity index is 1330. The average Bonchev–Trinajstić information content (AvgIpc) is 3.30. The molecule has 1 amide bonds. The predicted octanol–water partition coefficient (Wildman–Crippen LogP) is 4.38. The first kappa shape index (κ1) is 20.5. The maximum absolute atomic E-state index is 13.2. The average molecular weight is 433 g/mol. The number of amides is 1. The van der Waals surface area contributed by atoms with Gasteiger partial charge in [0.15, 0.2) is 0 Å². The van der Waals surface area contributed by atoms with E-state index in [-0.39, 0.29) is 12.3 Å². The Hall–Kier alpha value is -3.39. The van der Waals surface area contributed by atoms with Crippen LogP contribution < -0.4 is 5.32 Å². The van der Waals surface area contributed by atoms with Crippen molar-refractivity contribution in [3.63, 3.8) is 0 Å². The van der Waals surface area contributed by atoms with Crippen molar-refractivity contribution in [3.8, 4) is 11.3 Å². The third-order valence-electron chi connectivity index (χ3n) is 5.99. The number of nitrogens with one attached hydrogen (secondary N) is 1. The molecule has 32 heavy (non-hydrogen) atoms. The van der Waals surface area contributed by atoms with Gasteiger partial charge in [0.2, 0.25) is 5.91 Å². The number of hydrogen-bond donors (Lipinski definition) is 2. The highest BCUT2D eigenvalue weighted by atomic mass is 19.1. The molecule has 2 N–H and O–H groups in total. The van der Waals surface area contributed by atoms with Crippen LogP contribution in [-0.2, 0) is 4.79 Å². The van der Waals surface area contributed by atoms with Gasteiger partial charge in [0, 0.05) is 28.7 Å². The third-order valence-corrected chi connectivity index (χ3v) is 5.99. The van der Waals surface area contributed by atoms with E-state index in [0.717, 1.165) is 39.5 Å². The largest absolute Gasteiger partial charge is 0.387 e. The Kier molecular flexibility index (Phi) is 5.09. The minimum absolute atomic E-state index is 0.275. The van der Waals surface area contributed by atoms with Crippen LogP contribution in [0.2, 0.25) is 0 Å². The first-order valence-electron chi connectivity index (χ1n) is 10.8. The molecule has 1 fully saturated rings. The Morgan fingerprint density at radius 2 is 2.12 bits per heavy atom. The molecule has 4 heterocycles. The van der Waals surface area contributed by atoms with E-state index in [1.807, 2.05) is 36.6 Å². The zero-order valence-corrected chi connectivity index (χ0v) is 17.9. The third kappa shape index (κ3) is 3.60. The van der Waals surface area contributed by atoms with Crippen molar-refractivity contribution in [1.29, 1.82) is 0 Å². The molecule has 0 aliphatic heterocycles. The number of aromatic nitrogens is 4. The van der Waals surface area contributed by atoms with Crippen molar-refractivity contribution in [2.45, 2.75) is 45.4 Å². The minimum Gasteiger partial charge on any atom is -0.387 e. The number of hydrogen-bond acceptors (Lipinski definition) is 5. The number of alkyl halides is 1. The lowest BCUT2D eigenvalue weighted by Gasteiger charge is -2.14. The van der Waals surface area contributed by atoms with Gasteiger partial charge in [-0.15, -0.1) is 0 Å². The monoisotopic (exact) mass is 433 g/mol. The summed E-state index contributed by atoms with van der Waals surface area (Å²) in [7, 11) is 0. The lowest BCUT2D eigenvalue weighted by atomic mass is 10.0. The summed E-state index contributed by atoms with van der Waals surface area (Å²) in [5.74, 6) is -0.513. The number of rotatable bonds is 6. The molecule has 1 unspecified atom stereocenters. The molecule has 7 nitrogen and oxygen atoms in total. The summed E-state index contributed by atoms with van der Waals surface area (Å²) < 4.78 is 15.0. The van der Waals surface area contributed by atoms with Crippen LogP contribution in [0.5, 0.6) is 0 Å². The molecule has 5 rings (SSSR count). The molecule has 1 saturated carbocycles. The second kappa shape index (κ2) is 7.94. The van der Waals surface area contributed by atoms with Crippen molar-refractivity contribution >= 4 is 28.0 Å². The number of aliphatic hydroxyl groups is 1. The van der Waals surface area contributed by atoms with Crippen molar-refractivity contribution < 1.29 is 14.3 Å². The molecule has 4 aromatic rings. The van der Waals surface area contributed by atoms with Gasteiger partial charge in [-0.2, -0.15) is 5.10 Å². The van der Waals surface area contributed by atoms with E-state index in [0.29, 0.717) is 17.9 Å². The normalized spacial score (nSPS) is 18.8. The first-order chi connectivity index (χ1) is 15.5. The Morgan fingerprint density at radius 3 is 2.84 bits per heavy atom. The van der Waals surface area contributed by atoms with Gasteiger partial charge >= 0.3 is 0 Å². The standard InChI is InChI=1S/C24H24FN5O2/c1-3-4-22(31)19-7-13(2)17(12-26-19)21-8-14-11-27-23(29-24(32)16-9-18(16)25)10-15(14)20-5-6-28-30(20)21/h5-8,10-12,16,18,22,31H,3-4,9H2,1-2H3,(H,27,29,32)/t16-,18+,22?/m0/s1. The fourth-order valence-electron chi connectivity index (χ4n) is 4.07. The van der Waals surface area contributed by atoms with Crippen LogP contribution in [0.3, 0.4) is 0 Å². The van der Waals surface area contributed by atoms with E-state index in [9.17, 15) is 14.3 Å². The fourth-order valence-corrected chi connectivity index (χ4v) is 4.07. The maximum Gasteiger partial charge on any atom is 0.231 e. The molecule has 3 atom stereocenters. The molecule has 1 aliphatic rings. The van der Waals surface area contributed by atoms with E-state index >= 15 is 0 Å². The zero-order chi connectivity index (χ0) is 22.4. The summed E-state index contributed by atoms with van der Waals surface area (Å²) in [6, 6.07) is 7.59. The van der Waals surface area contributed by atoms with Crippen molar-refractivity contribution in [2.75, 3.05) is 5.32 Å². The van der Waals surface area contributed by atoms with Gasteiger partial charge < -0.3 is 10.4 Å². The second-order valence-electron chi connectivity index (χ2n) is 8.39. The van der Waals surface area contributed by atoms with Gasteiger partial charge in [-0.05, 0) is 49.6 Å². The van der Waals surface area contributed by atoms with Gasteiger partial charge in [-0.25, -0.2) is 13.9 Å². The predicted molar refractivity (Wildman–Crippen MR) is 120 cm³/mol. The molecule has 0 bridgehead atoms. The number of carbonyl (C=O) groups is 1. The molecule has 0 aromatic carbocycles. The number of halogens is 1. The maximum atomic E-state index is 13.2. The zero-order valence-electron chi connectivity index (χ0n) is 17.9. The molecule has 0 spiro atoms. The molecule has 0 saturated heterocycles. The molecule has 8 heteroatoms. The highest BCUT2D eigenvalue weighted by Crippen LogP contribution is 2.35. The summed E-state index contributed by atoms with van der Waals surface area (Å²) in [6.07, 6.45) is 5.39. The van der Waals surface area contributed by atoms with E-state index < -0.39 is 18.2 Å². The van der Waals surface area contributed by atoms with Crippen LogP contribution in [-0.4, -0.2) is 36.8 Å². The summed E-state index contributed by atoms with van der Waals surface area (Å²) >= 11 is 0. The smallest absolute Gasteiger partial charge is 0.231 e. The number of anilines is 1. The molecule has 164 valence electrons. The lowest BCUT2D eigenvalue weighted by molar-refractivity contribution is -0.117. The van der Waals surface area contributed by atoms with Gasteiger partial charge in [-0.3, -0.25) is 9.78 Å². The van der Waals surface area contributed by atoms with Crippen molar-refractivity contribution in [2.24, 2.45) is 5.92 Å². The lowest BCUT2D eigenvalue weighted by Crippen LogP contribution is -2.15. The van der Waals surface area contributed by atoms with Gasteiger partial charge in [0.05, 0.1) is 35.1 Å². The van der Waals surface area contributed by atoms with E-state index in [1.165, 1.54) is 0 Å². The Labute approximate surface area is 184 Å². The Balaban J connectivity index is 1.55. The summed E-state index contributed by atoms with van der Waals surface area (Å²) in [6.45, 7) is 4.02. The summed E-state index contributed by atoms with van der Waals surface area (Å²) in [5.41, 5.74) is 4.28. The van der Waals surface area contributed by atoms with Gasteiger partial charge in [-0.1, -0.05) is 13.3 Å². The summed E-state index contributed by atoms with van der Waals surface area (Å²) in [5, 5.41) is 19.3. The number of carbonyl (C=O) groups excluding carboxylic acids is 1. The number of nitrogens with zero attached hydrogens (tertiary/aromatic N) is 4. The molecule has 1 aliphatic carbocycles. The fraction of sp³-hybridized carbons (Fsp3) is 0.333. The second-order valence-corrected chi connectivity index (χ2v) is 8.39. The van der Waals surface area contributed by atoms with Gasteiger partial charge in [0.1, 0.15) is 12.0 Å². The van der Waals surface area contributed by atoms with Crippen LogP contribution in [0, 0.1) is 12.8 Å². The van der Waals surface area contributed by atoms with Crippen LogP contribution >= 0.6 is 0 Å². The van der Waals surface area contributed by atoms with Crippen LogP contribution in [0.1, 0.15) is 43.5 Å². The van der Waals surface area contributed by atoms with E-state index in [1.54, 1.807) is 24.7 Å². The van der Waals surface area contributed by atoms with Crippen LogP contribution in [0.4, 0.5) is 10.2 Å². The number of fused-ring (bicyclic) bond motifs is 3. The van der Waals surface area contributed by atoms with Crippen LogP contribution in [0.15, 0.2) is 42.9 Å². The minimum atomic E-state index is -1.05. The molecule has 4 aromatic heterocycles. The summed E-state index contributed by atoms with van der Waals surface area (Å²) in [4.78, 5) is 20.9. The van der Waals surface area contributed by atoms with E-state index in [4.69, 9.17) is 0 Å². The topological polar surface area (TPSA) is 92.4 Å². The van der Waals surface area contributed by atoms with E-state index in [2.05, 4.69) is 20.4 Å². The quantitative estimate of drug-likeness (QED) is 0.471. The molecule has 0 radical (unpaired) electrons. The number of aryl methyl sites for hydroxylation is 1. The van der Waals surface area contributed by atoms with Crippen LogP contribution in [0.25, 0.3) is 27.5 Å². The number of aliphatic hydroxyl groups excluding tert-OH is 1. The molecular formula is C24H24FN5O2. The molecular weight excluding hydrogens is 409 g/mol. The Morgan fingerprint density at radius 1 is 1.31 bits per heavy atom.